The van der Waals surface area contributed by atoms with Crippen molar-refractivity contribution in [2.75, 3.05) is 0 Å². The number of benzene rings is 1. The molecule has 0 unspecified atom stereocenters. The Bertz CT molecular complexity index is 540. The highest BCUT2D eigenvalue weighted by atomic mass is 79.9. The van der Waals surface area contributed by atoms with Gasteiger partial charge in [0.1, 0.15) is 0 Å². The normalized spacial score (nSPS) is 11.8. The second kappa shape index (κ2) is 5.33. The molecule has 0 aliphatic heterocycles. The van der Waals surface area contributed by atoms with E-state index in [4.69, 9.17) is 11.6 Å². The molecule has 0 amide bonds. The molecule has 0 fully saturated rings. The number of hydrogen-bond donors (Lipinski definition) is 0. The predicted octanol–water partition coefficient (Wildman–Crippen LogP) is 3.29. The minimum Gasteiger partial charge on any atom is -0.792 e. The summed E-state index contributed by atoms with van der Waals surface area (Å²) < 4.78 is 2.56. The monoisotopic (exact) mass is 312 g/mol. The number of aromatic nitrogens is 2. The van der Waals surface area contributed by atoms with Gasteiger partial charge < -0.3 is 14.9 Å². The number of rotatable bonds is 3. The van der Waals surface area contributed by atoms with E-state index in [0.717, 1.165) is 4.47 Å². The number of imidazole rings is 1. The van der Waals surface area contributed by atoms with Crippen LogP contribution >= 0.6 is 27.5 Å². The van der Waals surface area contributed by atoms with Gasteiger partial charge in [-0.3, -0.25) is 0 Å². The first-order valence-corrected chi connectivity index (χ1v) is 5.98. The largest absolute Gasteiger partial charge is 0.792 e. The fourth-order valence-corrected chi connectivity index (χ4v) is 1.83. The minimum absolute atomic E-state index is 0.376. The highest BCUT2D eigenvalue weighted by Crippen LogP contribution is 2.23. The fourth-order valence-electron chi connectivity index (χ4n) is 1.40. The third kappa shape index (κ3) is 2.87. The molecule has 88 valence electrons. The maximum Gasteiger partial charge on any atom is 0.0949 e. The molecule has 0 N–H and O–H groups in total. The first kappa shape index (κ1) is 12.1. The summed E-state index contributed by atoms with van der Waals surface area (Å²) in [6, 6.07) is 5.29. The lowest BCUT2D eigenvalue weighted by Gasteiger charge is -2.10. The fraction of sp³-hybridized carbons (Fsp3) is 0.0909. The summed E-state index contributed by atoms with van der Waals surface area (Å²) >= 11 is 9.27. The van der Waals surface area contributed by atoms with Crippen LogP contribution in [-0.2, 0) is 6.54 Å². The second-order valence-electron chi connectivity index (χ2n) is 3.40. The maximum atomic E-state index is 10.9. The Morgan fingerprint density at radius 1 is 1.53 bits per heavy atom. The van der Waals surface area contributed by atoms with Gasteiger partial charge in [-0.2, -0.15) is 0 Å². The van der Waals surface area contributed by atoms with Crippen LogP contribution < -0.4 is 0 Å². The van der Waals surface area contributed by atoms with Gasteiger partial charge in [-0.15, -0.1) is 0 Å². The van der Waals surface area contributed by atoms with Crippen molar-refractivity contribution in [1.82, 2.24) is 9.55 Å². The minimum atomic E-state index is 0.376. The van der Waals surface area contributed by atoms with Crippen molar-refractivity contribution < 1.29 is 0 Å². The standard InChI is InChI=1S/C11H9BrClN3O/c12-9-2-1-8(5-10(9)13)11(15-17)6-16-4-3-14-7-16/h1-5,7,17H,6H2/p-1/b15-11+. The van der Waals surface area contributed by atoms with E-state index < -0.39 is 0 Å². The number of nitrogens with zero attached hydrogens (tertiary/aromatic N) is 3. The Kier molecular flexibility index (Phi) is 3.81. The van der Waals surface area contributed by atoms with Gasteiger partial charge in [0.2, 0.25) is 0 Å². The van der Waals surface area contributed by atoms with Gasteiger partial charge in [0.05, 0.1) is 23.6 Å². The van der Waals surface area contributed by atoms with Crippen molar-refractivity contribution in [2.24, 2.45) is 5.16 Å². The Morgan fingerprint density at radius 3 is 2.94 bits per heavy atom. The lowest BCUT2D eigenvalue weighted by atomic mass is 10.1. The van der Waals surface area contributed by atoms with Crippen molar-refractivity contribution in [3.8, 4) is 0 Å². The van der Waals surface area contributed by atoms with Crippen LogP contribution in [0, 0.1) is 5.21 Å². The predicted molar refractivity (Wildman–Crippen MR) is 71.3 cm³/mol. The molecule has 0 aliphatic carbocycles. The zero-order valence-electron chi connectivity index (χ0n) is 8.68. The summed E-state index contributed by atoms with van der Waals surface area (Å²) in [7, 11) is 0. The Hall–Kier alpha value is -1.33. The average Bonchev–Trinajstić information content (AvgIpc) is 2.82. The molecule has 17 heavy (non-hydrogen) atoms. The molecule has 1 aromatic heterocycles. The van der Waals surface area contributed by atoms with Crippen molar-refractivity contribution in [2.45, 2.75) is 6.54 Å². The van der Waals surface area contributed by atoms with E-state index in [0.29, 0.717) is 22.8 Å². The molecule has 4 nitrogen and oxygen atoms in total. The molecule has 0 bridgehead atoms. The van der Waals surface area contributed by atoms with E-state index in [-0.39, 0.29) is 0 Å². The molecule has 6 heteroatoms. The van der Waals surface area contributed by atoms with E-state index in [1.54, 1.807) is 41.5 Å². The molecular formula is C11H8BrClN3O-. The zero-order valence-corrected chi connectivity index (χ0v) is 11.0. The first-order chi connectivity index (χ1) is 8.20. The summed E-state index contributed by atoms with van der Waals surface area (Å²) in [5, 5.41) is 14.5. The molecular weight excluding hydrogens is 305 g/mol. The van der Waals surface area contributed by atoms with Crippen molar-refractivity contribution in [3.63, 3.8) is 0 Å². The smallest absolute Gasteiger partial charge is 0.0949 e. The van der Waals surface area contributed by atoms with E-state index in [9.17, 15) is 5.21 Å². The van der Waals surface area contributed by atoms with Crippen LogP contribution in [0.5, 0.6) is 0 Å². The molecule has 1 heterocycles. The average molecular weight is 314 g/mol. The highest BCUT2D eigenvalue weighted by molar-refractivity contribution is 9.10. The van der Waals surface area contributed by atoms with Gasteiger partial charge >= 0.3 is 0 Å². The van der Waals surface area contributed by atoms with Crippen LogP contribution in [0.3, 0.4) is 0 Å². The second-order valence-corrected chi connectivity index (χ2v) is 4.66. The quantitative estimate of drug-likeness (QED) is 0.645. The molecule has 0 aliphatic rings. The summed E-state index contributed by atoms with van der Waals surface area (Å²) in [6.45, 7) is 0.376. The van der Waals surface area contributed by atoms with Crippen LogP contribution in [0.2, 0.25) is 5.02 Å². The molecule has 1 aromatic carbocycles. The lowest BCUT2D eigenvalue weighted by molar-refractivity contribution is 0.850. The SMILES string of the molecule is [O-]/N=C(\Cn1ccnc1)c1ccc(Br)c(Cl)c1. The molecule has 2 aromatic rings. The van der Waals surface area contributed by atoms with Gasteiger partial charge in [0.15, 0.2) is 0 Å². The number of halogens is 2. The summed E-state index contributed by atoms with van der Waals surface area (Å²) in [6.07, 6.45) is 5.05. The summed E-state index contributed by atoms with van der Waals surface area (Å²) in [5.74, 6) is 0. The Balaban J connectivity index is 2.27. The Morgan fingerprint density at radius 2 is 2.35 bits per heavy atom. The molecule has 0 radical (unpaired) electrons. The number of hydrogen-bond acceptors (Lipinski definition) is 3. The topological polar surface area (TPSA) is 53.2 Å². The van der Waals surface area contributed by atoms with Gasteiger partial charge in [0, 0.05) is 16.9 Å². The van der Waals surface area contributed by atoms with Gasteiger partial charge in [0.25, 0.3) is 0 Å². The van der Waals surface area contributed by atoms with Gasteiger partial charge in [-0.05, 0) is 33.6 Å². The summed E-state index contributed by atoms with van der Waals surface area (Å²) in [4.78, 5) is 3.91. The van der Waals surface area contributed by atoms with Crippen LogP contribution in [0.4, 0.5) is 0 Å². The Labute approximate surface area is 112 Å². The van der Waals surface area contributed by atoms with E-state index in [1.165, 1.54) is 0 Å². The van der Waals surface area contributed by atoms with Gasteiger partial charge in [-0.25, -0.2) is 4.98 Å². The van der Waals surface area contributed by atoms with E-state index >= 15 is 0 Å². The van der Waals surface area contributed by atoms with Crippen LogP contribution in [0.25, 0.3) is 0 Å². The molecule has 0 saturated carbocycles. The van der Waals surface area contributed by atoms with Crippen molar-refractivity contribution >= 4 is 33.2 Å². The zero-order chi connectivity index (χ0) is 12.3. The first-order valence-electron chi connectivity index (χ1n) is 4.81. The third-order valence-electron chi connectivity index (χ3n) is 2.25. The third-order valence-corrected chi connectivity index (χ3v) is 3.49. The van der Waals surface area contributed by atoms with Crippen LogP contribution in [-0.4, -0.2) is 15.3 Å². The summed E-state index contributed by atoms with van der Waals surface area (Å²) in [5.41, 5.74) is 1.12. The van der Waals surface area contributed by atoms with Crippen molar-refractivity contribution in [3.05, 3.63) is 57.2 Å². The molecule has 2 rings (SSSR count). The molecule has 0 spiro atoms. The highest BCUT2D eigenvalue weighted by Gasteiger charge is 2.05. The molecule has 0 atom stereocenters. The lowest BCUT2D eigenvalue weighted by Crippen LogP contribution is -2.10. The van der Waals surface area contributed by atoms with E-state index in [1.807, 2.05) is 0 Å². The van der Waals surface area contributed by atoms with Crippen LogP contribution in [0.1, 0.15) is 5.56 Å². The van der Waals surface area contributed by atoms with Gasteiger partial charge in [-0.1, -0.05) is 17.7 Å². The van der Waals surface area contributed by atoms with Crippen molar-refractivity contribution in [1.29, 1.82) is 0 Å². The maximum absolute atomic E-state index is 10.9. The van der Waals surface area contributed by atoms with E-state index in [2.05, 4.69) is 26.1 Å². The molecule has 0 saturated heterocycles. The van der Waals surface area contributed by atoms with Crippen LogP contribution in [0.15, 0.2) is 46.5 Å².